The first-order valence-corrected chi connectivity index (χ1v) is 7.16. The summed E-state index contributed by atoms with van der Waals surface area (Å²) in [6.07, 6.45) is 10.3. The van der Waals surface area contributed by atoms with Crippen molar-refractivity contribution < 1.29 is 4.74 Å². The molecule has 1 fully saturated rings. The van der Waals surface area contributed by atoms with Crippen LogP contribution < -0.4 is 11.1 Å². The summed E-state index contributed by atoms with van der Waals surface area (Å²) in [5.74, 6) is 1.06. The van der Waals surface area contributed by atoms with E-state index in [0.29, 0.717) is 31.2 Å². The Labute approximate surface area is 122 Å². The first-order valence-electron chi connectivity index (χ1n) is 7.16. The maximum absolute atomic E-state index is 5.78. The summed E-state index contributed by atoms with van der Waals surface area (Å²) in [6.45, 7) is 1.28. The SMILES string of the molecule is Nc1nc(NCCOC2CCCC2)nc(-n2ccnc2)n1. The summed E-state index contributed by atoms with van der Waals surface area (Å²) in [5.41, 5.74) is 5.70. The van der Waals surface area contributed by atoms with Crippen LogP contribution in [-0.2, 0) is 4.74 Å². The molecular weight excluding hydrogens is 270 g/mol. The number of nitrogen functional groups attached to an aromatic ring is 1. The molecule has 3 N–H and O–H groups in total. The monoisotopic (exact) mass is 289 g/mol. The molecule has 2 heterocycles. The van der Waals surface area contributed by atoms with E-state index in [1.54, 1.807) is 23.3 Å². The number of aromatic nitrogens is 5. The lowest BCUT2D eigenvalue weighted by Crippen LogP contribution is -2.17. The van der Waals surface area contributed by atoms with Crippen LogP contribution >= 0.6 is 0 Å². The zero-order valence-corrected chi connectivity index (χ0v) is 11.8. The van der Waals surface area contributed by atoms with E-state index in [1.807, 2.05) is 0 Å². The molecule has 0 aromatic carbocycles. The van der Waals surface area contributed by atoms with Crippen molar-refractivity contribution >= 4 is 11.9 Å². The number of nitrogens with zero attached hydrogens (tertiary/aromatic N) is 5. The Bertz CT molecular complexity index is 566. The third-order valence-electron chi connectivity index (χ3n) is 3.42. The van der Waals surface area contributed by atoms with E-state index in [9.17, 15) is 0 Å². The molecule has 1 aliphatic rings. The minimum atomic E-state index is 0.174. The van der Waals surface area contributed by atoms with Crippen molar-refractivity contribution in [3.8, 4) is 5.95 Å². The van der Waals surface area contributed by atoms with Crippen molar-refractivity contribution in [3.05, 3.63) is 18.7 Å². The van der Waals surface area contributed by atoms with Crippen LogP contribution in [0, 0.1) is 0 Å². The highest BCUT2D eigenvalue weighted by atomic mass is 16.5. The van der Waals surface area contributed by atoms with Gasteiger partial charge in [-0.2, -0.15) is 15.0 Å². The topological polar surface area (TPSA) is 104 Å². The molecule has 8 heteroatoms. The van der Waals surface area contributed by atoms with Gasteiger partial charge in [0.25, 0.3) is 0 Å². The molecule has 0 spiro atoms. The second-order valence-electron chi connectivity index (χ2n) is 4.99. The molecule has 0 amide bonds. The Hall–Kier alpha value is -2.22. The molecule has 21 heavy (non-hydrogen) atoms. The van der Waals surface area contributed by atoms with E-state index in [-0.39, 0.29) is 5.95 Å². The van der Waals surface area contributed by atoms with Crippen LogP contribution in [0.1, 0.15) is 25.7 Å². The summed E-state index contributed by atoms with van der Waals surface area (Å²) < 4.78 is 7.46. The van der Waals surface area contributed by atoms with Crippen molar-refractivity contribution in [3.63, 3.8) is 0 Å². The lowest BCUT2D eigenvalue weighted by Gasteiger charge is -2.11. The van der Waals surface area contributed by atoms with Gasteiger partial charge in [0.2, 0.25) is 17.8 Å². The Balaban J connectivity index is 1.55. The first kappa shape index (κ1) is 13.7. The van der Waals surface area contributed by atoms with Crippen LogP contribution in [-0.4, -0.2) is 43.8 Å². The summed E-state index contributed by atoms with van der Waals surface area (Å²) in [5, 5.41) is 3.11. The van der Waals surface area contributed by atoms with Crippen LogP contribution in [0.2, 0.25) is 0 Å². The lowest BCUT2D eigenvalue weighted by atomic mass is 10.3. The van der Waals surface area contributed by atoms with Gasteiger partial charge in [0.15, 0.2) is 0 Å². The van der Waals surface area contributed by atoms with Crippen molar-refractivity contribution in [2.75, 3.05) is 24.2 Å². The molecule has 1 aliphatic carbocycles. The molecule has 0 radical (unpaired) electrons. The van der Waals surface area contributed by atoms with Crippen molar-refractivity contribution in [1.82, 2.24) is 24.5 Å². The highest BCUT2D eigenvalue weighted by Gasteiger charge is 2.14. The maximum Gasteiger partial charge on any atom is 0.241 e. The minimum Gasteiger partial charge on any atom is -0.376 e. The standard InChI is InChI=1S/C13H19N7O/c14-11-17-12(16-6-8-21-10-3-1-2-4-10)19-13(18-11)20-7-5-15-9-20/h5,7,9-10H,1-4,6,8H2,(H3,14,16,17,18,19). The molecule has 0 bridgehead atoms. The van der Waals surface area contributed by atoms with Gasteiger partial charge in [0, 0.05) is 18.9 Å². The molecular formula is C13H19N7O. The average molecular weight is 289 g/mol. The zero-order chi connectivity index (χ0) is 14.5. The normalized spacial score (nSPS) is 15.4. The molecule has 0 unspecified atom stereocenters. The average Bonchev–Trinajstić information content (AvgIpc) is 3.16. The maximum atomic E-state index is 5.78. The molecule has 0 aliphatic heterocycles. The fourth-order valence-corrected chi connectivity index (χ4v) is 2.40. The van der Waals surface area contributed by atoms with E-state index < -0.39 is 0 Å². The third kappa shape index (κ3) is 3.66. The smallest absolute Gasteiger partial charge is 0.241 e. The van der Waals surface area contributed by atoms with E-state index in [2.05, 4.69) is 25.3 Å². The van der Waals surface area contributed by atoms with Crippen LogP contribution in [0.4, 0.5) is 11.9 Å². The number of nitrogens with two attached hydrogens (primary N) is 1. The number of hydrogen-bond donors (Lipinski definition) is 2. The first-order chi connectivity index (χ1) is 10.3. The molecule has 3 rings (SSSR count). The predicted octanol–water partition coefficient (Wildman–Crippen LogP) is 1.01. The Morgan fingerprint density at radius 2 is 2.14 bits per heavy atom. The Kier molecular flexibility index (Phi) is 4.25. The number of imidazole rings is 1. The predicted molar refractivity (Wildman–Crippen MR) is 78.1 cm³/mol. The number of hydrogen-bond acceptors (Lipinski definition) is 7. The van der Waals surface area contributed by atoms with Gasteiger partial charge >= 0.3 is 0 Å². The number of anilines is 2. The molecule has 2 aromatic rings. The van der Waals surface area contributed by atoms with Crippen molar-refractivity contribution in [2.24, 2.45) is 0 Å². The Morgan fingerprint density at radius 1 is 1.29 bits per heavy atom. The van der Waals surface area contributed by atoms with Crippen molar-refractivity contribution in [1.29, 1.82) is 0 Å². The molecule has 2 aromatic heterocycles. The van der Waals surface area contributed by atoms with E-state index in [4.69, 9.17) is 10.5 Å². The second kappa shape index (κ2) is 6.49. The third-order valence-corrected chi connectivity index (χ3v) is 3.42. The Morgan fingerprint density at radius 3 is 2.90 bits per heavy atom. The number of nitrogens with one attached hydrogen (secondary N) is 1. The number of ether oxygens (including phenoxy) is 1. The van der Waals surface area contributed by atoms with E-state index in [1.165, 1.54) is 25.7 Å². The van der Waals surface area contributed by atoms with Crippen molar-refractivity contribution in [2.45, 2.75) is 31.8 Å². The summed E-state index contributed by atoms with van der Waals surface area (Å²) in [4.78, 5) is 16.4. The fraction of sp³-hybridized carbons (Fsp3) is 0.538. The summed E-state index contributed by atoms with van der Waals surface area (Å²) in [6, 6.07) is 0. The van der Waals surface area contributed by atoms with E-state index >= 15 is 0 Å². The summed E-state index contributed by atoms with van der Waals surface area (Å²) >= 11 is 0. The van der Waals surface area contributed by atoms with Crippen LogP contribution in [0.5, 0.6) is 0 Å². The van der Waals surface area contributed by atoms with Crippen LogP contribution in [0.25, 0.3) is 5.95 Å². The summed E-state index contributed by atoms with van der Waals surface area (Å²) in [7, 11) is 0. The molecule has 112 valence electrons. The highest BCUT2D eigenvalue weighted by molar-refractivity contribution is 5.34. The quantitative estimate of drug-likeness (QED) is 0.765. The largest absolute Gasteiger partial charge is 0.376 e. The van der Waals surface area contributed by atoms with Gasteiger partial charge in [-0.3, -0.25) is 4.57 Å². The second-order valence-corrected chi connectivity index (χ2v) is 4.99. The molecule has 0 atom stereocenters. The lowest BCUT2D eigenvalue weighted by molar-refractivity contribution is 0.0658. The molecule has 8 nitrogen and oxygen atoms in total. The van der Waals surface area contributed by atoms with E-state index in [0.717, 1.165) is 0 Å². The zero-order valence-electron chi connectivity index (χ0n) is 11.8. The van der Waals surface area contributed by atoms with Gasteiger partial charge in [-0.25, -0.2) is 4.98 Å². The van der Waals surface area contributed by atoms with Gasteiger partial charge in [-0.1, -0.05) is 12.8 Å². The van der Waals surface area contributed by atoms with Gasteiger partial charge in [-0.05, 0) is 12.8 Å². The van der Waals surface area contributed by atoms with Crippen LogP contribution in [0.3, 0.4) is 0 Å². The minimum absolute atomic E-state index is 0.174. The van der Waals surface area contributed by atoms with Gasteiger partial charge in [-0.15, -0.1) is 0 Å². The molecule has 0 saturated heterocycles. The van der Waals surface area contributed by atoms with Gasteiger partial charge in [0.1, 0.15) is 6.33 Å². The fourth-order valence-electron chi connectivity index (χ4n) is 2.40. The highest BCUT2D eigenvalue weighted by Crippen LogP contribution is 2.20. The van der Waals surface area contributed by atoms with Gasteiger partial charge in [0.05, 0.1) is 12.7 Å². The van der Waals surface area contributed by atoms with Gasteiger partial charge < -0.3 is 15.8 Å². The number of rotatable bonds is 6. The van der Waals surface area contributed by atoms with Crippen LogP contribution in [0.15, 0.2) is 18.7 Å². The molecule has 1 saturated carbocycles.